The lowest BCUT2D eigenvalue weighted by molar-refractivity contribution is 0.135. The number of aliphatic hydroxyl groups is 1. The van der Waals surface area contributed by atoms with Gasteiger partial charge in [-0.25, -0.2) is 13.5 Å². The minimum atomic E-state index is -2.70. The van der Waals surface area contributed by atoms with Crippen LogP contribution in [-0.2, 0) is 13.2 Å². The van der Waals surface area contributed by atoms with Gasteiger partial charge in [-0.15, -0.1) is 5.10 Å². The highest BCUT2D eigenvalue weighted by Gasteiger charge is 2.21. The molecule has 2 rings (SSSR count). The maximum Gasteiger partial charge on any atom is 0.282 e. The largest absolute Gasteiger partial charge is 0.390 e. The molecule has 18 heavy (non-hydrogen) atoms. The summed E-state index contributed by atoms with van der Waals surface area (Å²) in [5, 5.41) is 16.2. The molecule has 0 spiro atoms. The van der Waals surface area contributed by atoms with Gasteiger partial charge in [-0.2, -0.15) is 0 Å². The molecule has 0 atom stereocenters. The minimum absolute atomic E-state index is 0.0708. The van der Waals surface area contributed by atoms with Crippen molar-refractivity contribution in [2.45, 2.75) is 26.5 Å². The molecule has 0 aliphatic carbocycles. The molecule has 0 bridgehead atoms. The van der Waals surface area contributed by atoms with Crippen LogP contribution in [0.1, 0.15) is 28.9 Å². The fourth-order valence-corrected chi connectivity index (χ4v) is 1.77. The molecule has 1 aromatic carbocycles. The molecule has 0 fully saturated rings. The summed E-state index contributed by atoms with van der Waals surface area (Å²) in [5.74, 6) is 0. The Labute approximate surface area is 103 Å². The Bertz CT molecular complexity index is 540. The lowest BCUT2D eigenvalue weighted by atomic mass is 10.1. The Morgan fingerprint density at radius 3 is 2.67 bits per heavy atom. The third-order valence-corrected chi connectivity index (χ3v) is 2.78. The molecule has 0 unspecified atom stereocenters. The molecule has 0 aliphatic rings. The highest BCUT2D eigenvalue weighted by atomic mass is 19.3. The molecular formula is C12H13F2N3O. The van der Waals surface area contributed by atoms with E-state index in [1.807, 2.05) is 31.2 Å². The summed E-state index contributed by atoms with van der Waals surface area (Å²) in [7, 11) is 0. The first-order valence-electron chi connectivity index (χ1n) is 5.49. The van der Waals surface area contributed by atoms with Gasteiger partial charge in [0, 0.05) is 0 Å². The zero-order valence-electron chi connectivity index (χ0n) is 9.85. The lowest BCUT2D eigenvalue weighted by Gasteiger charge is -2.08. The molecule has 0 saturated carbocycles. The number of hydrogen-bond donors (Lipinski definition) is 1. The molecule has 96 valence electrons. The first-order chi connectivity index (χ1) is 8.63. The van der Waals surface area contributed by atoms with Crippen LogP contribution in [0.2, 0.25) is 0 Å². The van der Waals surface area contributed by atoms with Gasteiger partial charge in [-0.3, -0.25) is 0 Å². The molecule has 0 amide bonds. The van der Waals surface area contributed by atoms with Crippen molar-refractivity contribution in [3.63, 3.8) is 0 Å². The quantitative estimate of drug-likeness (QED) is 0.907. The third-order valence-electron chi connectivity index (χ3n) is 2.78. The van der Waals surface area contributed by atoms with Crippen molar-refractivity contribution in [3.05, 3.63) is 46.8 Å². The van der Waals surface area contributed by atoms with E-state index in [9.17, 15) is 8.78 Å². The maximum atomic E-state index is 12.9. The SMILES string of the molecule is Cc1ccccc1Cn1nnc(CO)c1C(F)F. The first-order valence-corrected chi connectivity index (χ1v) is 5.49. The molecule has 1 N–H and O–H groups in total. The molecule has 0 radical (unpaired) electrons. The van der Waals surface area contributed by atoms with E-state index >= 15 is 0 Å². The average Bonchev–Trinajstić information content (AvgIpc) is 2.75. The number of benzene rings is 1. The second-order valence-corrected chi connectivity index (χ2v) is 3.96. The summed E-state index contributed by atoms with van der Waals surface area (Å²) in [4.78, 5) is 0. The van der Waals surface area contributed by atoms with Gasteiger partial charge in [0.05, 0.1) is 13.2 Å². The van der Waals surface area contributed by atoms with Crippen LogP contribution in [0.25, 0.3) is 0 Å². The summed E-state index contributed by atoms with van der Waals surface area (Å²) < 4.78 is 26.9. The van der Waals surface area contributed by atoms with Crippen molar-refractivity contribution in [3.8, 4) is 0 Å². The highest BCUT2D eigenvalue weighted by molar-refractivity contribution is 5.26. The number of nitrogens with zero attached hydrogens (tertiary/aromatic N) is 3. The van der Waals surface area contributed by atoms with E-state index in [1.54, 1.807) is 0 Å². The van der Waals surface area contributed by atoms with Crippen LogP contribution in [0, 0.1) is 6.92 Å². The van der Waals surface area contributed by atoms with Gasteiger partial charge in [-0.05, 0) is 18.1 Å². The van der Waals surface area contributed by atoms with E-state index in [4.69, 9.17) is 5.11 Å². The summed E-state index contributed by atoms with van der Waals surface area (Å²) in [6, 6.07) is 7.48. The van der Waals surface area contributed by atoms with Gasteiger partial charge in [0.25, 0.3) is 6.43 Å². The average molecular weight is 253 g/mol. The standard InChI is InChI=1S/C12H13F2N3O/c1-8-4-2-3-5-9(8)6-17-11(12(13)14)10(7-18)15-16-17/h2-5,12,18H,6-7H2,1H3. The van der Waals surface area contributed by atoms with Crippen LogP contribution in [0.3, 0.4) is 0 Å². The summed E-state index contributed by atoms with van der Waals surface area (Å²) in [6.07, 6.45) is -2.70. The third kappa shape index (κ3) is 2.38. The highest BCUT2D eigenvalue weighted by Crippen LogP contribution is 2.22. The second-order valence-electron chi connectivity index (χ2n) is 3.96. The topological polar surface area (TPSA) is 50.9 Å². The van der Waals surface area contributed by atoms with Gasteiger partial charge >= 0.3 is 0 Å². The van der Waals surface area contributed by atoms with Crippen molar-refractivity contribution >= 4 is 0 Å². The lowest BCUT2D eigenvalue weighted by Crippen LogP contribution is -2.09. The molecular weight excluding hydrogens is 240 g/mol. The smallest absolute Gasteiger partial charge is 0.282 e. The molecule has 6 heteroatoms. The van der Waals surface area contributed by atoms with Gasteiger partial charge < -0.3 is 5.11 Å². The molecule has 4 nitrogen and oxygen atoms in total. The zero-order chi connectivity index (χ0) is 13.1. The van der Waals surface area contributed by atoms with E-state index in [-0.39, 0.29) is 17.9 Å². The van der Waals surface area contributed by atoms with Crippen LogP contribution in [-0.4, -0.2) is 20.1 Å². The Balaban J connectivity index is 2.35. The van der Waals surface area contributed by atoms with E-state index in [0.29, 0.717) is 0 Å². The van der Waals surface area contributed by atoms with Gasteiger partial charge in [0.2, 0.25) is 0 Å². The summed E-state index contributed by atoms with van der Waals surface area (Å²) >= 11 is 0. The number of aliphatic hydroxyl groups excluding tert-OH is 1. The Morgan fingerprint density at radius 1 is 1.33 bits per heavy atom. The van der Waals surface area contributed by atoms with Crippen molar-refractivity contribution in [1.82, 2.24) is 15.0 Å². The van der Waals surface area contributed by atoms with Crippen LogP contribution in [0.5, 0.6) is 0 Å². The van der Waals surface area contributed by atoms with Gasteiger partial charge in [0.15, 0.2) is 0 Å². The van der Waals surface area contributed by atoms with Crippen molar-refractivity contribution in [2.24, 2.45) is 0 Å². The minimum Gasteiger partial charge on any atom is -0.390 e. The van der Waals surface area contributed by atoms with Gasteiger partial charge in [0.1, 0.15) is 11.4 Å². The predicted molar refractivity (Wildman–Crippen MR) is 61.2 cm³/mol. The maximum absolute atomic E-state index is 12.9. The number of aryl methyl sites for hydroxylation is 1. The van der Waals surface area contributed by atoms with E-state index in [0.717, 1.165) is 15.8 Å². The Hall–Kier alpha value is -1.82. The van der Waals surface area contributed by atoms with Crippen molar-refractivity contribution < 1.29 is 13.9 Å². The number of aromatic nitrogens is 3. The first kappa shape index (κ1) is 12.6. The number of hydrogen-bond acceptors (Lipinski definition) is 3. The zero-order valence-corrected chi connectivity index (χ0v) is 9.85. The fraction of sp³-hybridized carbons (Fsp3) is 0.333. The van der Waals surface area contributed by atoms with Gasteiger partial charge in [-0.1, -0.05) is 29.5 Å². The molecule has 1 heterocycles. The van der Waals surface area contributed by atoms with E-state index < -0.39 is 13.0 Å². The Morgan fingerprint density at radius 2 is 2.06 bits per heavy atom. The fourth-order valence-electron chi connectivity index (χ4n) is 1.77. The Kier molecular flexibility index (Phi) is 3.66. The van der Waals surface area contributed by atoms with Crippen LogP contribution in [0.15, 0.2) is 24.3 Å². The van der Waals surface area contributed by atoms with Crippen molar-refractivity contribution in [2.75, 3.05) is 0 Å². The molecule has 0 aliphatic heterocycles. The molecule has 0 saturated heterocycles. The number of rotatable bonds is 4. The van der Waals surface area contributed by atoms with E-state index in [2.05, 4.69) is 10.3 Å². The van der Waals surface area contributed by atoms with E-state index in [1.165, 1.54) is 0 Å². The normalized spacial score (nSPS) is 11.2. The molecule has 2 aromatic rings. The van der Waals surface area contributed by atoms with Crippen LogP contribution in [0.4, 0.5) is 8.78 Å². The van der Waals surface area contributed by atoms with Crippen LogP contribution >= 0.6 is 0 Å². The van der Waals surface area contributed by atoms with Crippen molar-refractivity contribution in [1.29, 1.82) is 0 Å². The monoisotopic (exact) mass is 253 g/mol. The molecule has 1 aromatic heterocycles. The summed E-state index contributed by atoms with van der Waals surface area (Å²) in [5.41, 5.74) is 1.51. The number of halogens is 2. The van der Waals surface area contributed by atoms with Crippen LogP contribution < -0.4 is 0 Å². The summed E-state index contributed by atoms with van der Waals surface area (Å²) in [6.45, 7) is 1.59. The predicted octanol–water partition coefficient (Wildman–Crippen LogP) is 2.06. The number of alkyl halides is 2. The second kappa shape index (κ2) is 5.22.